The number of amides is 1. The van der Waals surface area contributed by atoms with Crippen LogP contribution in [0.1, 0.15) is 33.6 Å². The maximum Gasteiger partial charge on any atom is 0.326 e. The molecule has 0 heterocycles. The van der Waals surface area contributed by atoms with Gasteiger partial charge < -0.3 is 20.5 Å². The molecule has 6 nitrogen and oxygen atoms in total. The van der Waals surface area contributed by atoms with Gasteiger partial charge in [0.25, 0.3) is 0 Å². The van der Waals surface area contributed by atoms with Crippen LogP contribution in [0, 0.1) is 5.92 Å². The van der Waals surface area contributed by atoms with Gasteiger partial charge in [-0.2, -0.15) is 0 Å². The highest BCUT2D eigenvalue weighted by molar-refractivity contribution is 5.83. The molecule has 0 saturated carbocycles. The molecule has 0 rings (SSSR count). The zero-order chi connectivity index (χ0) is 14.8. The van der Waals surface area contributed by atoms with Crippen molar-refractivity contribution < 1.29 is 19.4 Å². The van der Waals surface area contributed by atoms with E-state index in [2.05, 4.69) is 10.6 Å². The number of aliphatic carboxylic acids is 1. The third kappa shape index (κ3) is 8.56. The average Bonchev–Trinajstić information content (AvgIpc) is 2.31. The molecular weight excluding hydrogens is 248 g/mol. The predicted octanol–water partition coefficient (Wildman–Crippen LogP) is 0.617. The summed E-state index contributed by atoms with van der Waals surface area (Å²) in [5, 5.41) is 14.7. The monoisotopic (exact) mass is 274 g/mol. The molecule has 6 heteroatoms. The summed E-state index contributed by atoms with van der Waals surface area (Å²) >= 11 is 0. The molecule has 112 valence electrons. The number of ether oxygens (including phenoxy) is 1. The Kier molecular flexibility index (Phi) is 9.16. The van der Waals surface area contributed by atoms with E-state index < -0.39 is 12.0 Å². The molecule has 0 aliphatic heterocycles. The minimum atomic E-state index is -0.996. The van der Waals surface area contributed by atoms with Gasteiger partial charge in [-0.3, -0.25) is 4.79 Å². The van der Waals surface area contributed by atoms with Gasteiger partial charge in [0.2, 0.25) is 5.91 Å². The van der Waals surface area contributed by atoms with Gasteiger partial charge in [0.1, 0.15) is 6.04 Å². The number of carbonyl (C=O) groups is 2. The van der Waals surface area contributed by atoms with Crippen molar-refractivity contribution in [3.63, 3.8) is 0 Å². The number of methoxy groups -OCH3 is 1. The molecule has 2 atom stereocenters. The molecule has 0 aliphatic rings. The Morgan fingerprint density at radius 1 is 1.26 bits per heavy atom. The number of carboxylic acid groups (broad SMARTS) is 1. The first-order chi connectivity index (χ1) is 8.88. The van der Waals surface area contributed by atoms with Gasteiger partial charge in [-0.25, -0.2) is 4.79 Å². The standard InChI is InChI=1S/C13H26N2O4/c1-9(2)12(13(17)18)15-11(16)8-10(3)14-6-5-7-19-4/h9-10,12,14H,5-8H2,1-4H3,(H,15,16)(H,17,18)/t10?,12-/m0/s1. The minimum Gasteiger partial charge on any atom is -0.480 e. The van der Waals surface area contributed by atoms with E-state index in [0.29, 0.717) is 6.61 Å². The normalized spacial score (nSPS) is 14.2. The van der Waals surface area contributed by atoms with Crippen LogP contribution in [-0.2, 0) is 14.3 Å². The molecule has 19 heavy (non-hydrogen) atoms. The van der Waals surface area contributed by atoms with Crippen LogP contribution in [0.25, 0.3) is 0 Å². The molecule has 0 fully saturated rings. The number of carboxylic acids is 1. The molecule has 0 aromatic carbocycles. The molecule has 0 aromatic rings. The summed E-state index contributed by atoms with van der Waals surface area (Å²) in [6.07, 6.45) is 1.15. The third-order valence-corrected chi connectivity index (χ3v) is 2.76. The molecule has 0 spiro atoms. The Morgan fingerprint density at radius 3 is 2.37 bits per heavy atom. The van der Waals surface area contributed by atoms with Crippen LogP contribution in [-0.4, -0.2) is 49.3 Å². The summed E-state index contributed by atoms with van der Waals surface area (Å²) in [4.78, 5) is 22.7. The van der Waals surface area contributed by atoms with E-state index in [1.807, 2.05) is 6.92 Å². The quantitative estimate of drug-likeness (QED) is 0.508. The first-order valence-corrected chi connectivity index (χ1v) is 6.63. The lowest BCUT2D eigenvalue weighted by atomic mass is 10.0. The number of carbonyl (C=O) groups excluding carboxylic acids is 1. The van der Waals surface area contributed by atoms with E-state index in [0.717, 1.165) is 13.0 Å². The number of rotatable bonds is 10. The molecule has 3 N–H and O–H groups in total. The van der Waals surface area contributed by atoms with Crippen molar-refractivity contribution in [2.45, 2.75) is 45.7 Å². The highest BCUT2D eigenvalue weighted by atomic mass is 16.5. The maximum absolute atomic E-state index is 11.7. The number of hydrogen-bond donors (Lipinski definition) is 3. The Balaban J connectivity index is 3.98. The van der Waals surface area contributed by atoms with Crippen molar-refractivity contribution >= 4 is 11.9 Å². The van der Waals surface area contributed by atoms with Gasteiger partial charge in [-0.05, 0) is 25.8 Å². The highest BCUT2D eigenvalue weighted by Gasteiger charge is 2.23. The number of hydrogen-bond acceptors (Lipinski definition) is 4. The average molecular weight is 274 g/mol. The van der Waals surface area contributed by atoms with Gasteiger partial charge in [0.15, 0.2) is 0 Å². The van der Waals surface area contributed by atoms with Crippen molar-refractivity contribution in [3.05, 3.63) is 0 Å². The second kappa shape index (κ2) is 9.75. The summed E-state index contributed by atoms with van der Waals surface area (Å²) in [7, 11) is 1.65. The van der Waals surface area contributed by atoms with Crippen LogP contribution in [0.5, 0.6) is 0 Å². The van der Waals surface area contributed by atoms with Gasteiger partial charge >= 0.3 is 5.97 Å². The van der Waals surface area contributed by atoms with E-state index in [-0.39, 0.29) is 24.3 Å². The second-order valence-corrected chi connectivity index (χ2v) is 5.03. The number of nitrogens with one attached hydrogen (secondary N) is 2. The predicted molar refractivity (Wildman–Crippen MR) is 73.0 cm³/mol. The molecule has 0 saturated heterocycles. The van der Waals surface area contributed by atoms with E-state index in [4.69, 9.17) is 9.84 Å². The molecular formula is C13H26N2O4. The third-order valence-electron chi connectivity index (χ3n) is 2.76. The van der Waals surface area contributed by atoms with Crippen molar-refractivity contribution in [2.75, 3.05) is 20.3 Å². The van der Waals surface area contributed by atoms with Crippen LogP contribution in [0.15, 0.2) is 0 Å². The lowest BCUT2D eigenvalue weighted by Crippen LogP contribution is -2.46. The van der Waals surface area contributed by atoms with E-state index in [9.17, 15) is 9.59 Å². The van der Waals surface area contributed by atoms with Crippen molar-refractivity contribution in [1.82, 2.24) is 10.6 Å². The largest absolute Gasteiger partial charge is 0.480 e. The zero-order valence-corrected chi connectivity index (χ0v) is 12.2. The van der Waals surface area contributed by atoms with Gasteiger partial charge in [-0.15, -0.1) is 0 Å². The van der Waals surface area contributed by atoms with Gasteiger partial charge in [0.05, 0.1) is 0 Å². The summed E-state index contributed by atoms with van der Waals surface area (Å²) in [5.74, 6) is -1.37. The smallest absolute Gasteiger partial charge is 0.326 e. The minimum absolute atomic E-state index is 0.0125. The summed E-state index contributed by atoms with van der Waals surface area (Å²) in [6, 6.07) is -0.813. The van der Waals surface area contributed by atoms with Crippen molar-refractivity contribution in [1.29, 1.82) is 0 Å². The first-order valence-electron chi connectivity index (χ1n) is 6.63. The van der Waals surface area contributed by atoms with Gasteiger partial charge in [0, 0.05) is 26.2 Å². The maximum atomic E-state index is 11.7. The van der Waals surface area contributed by atoms with Gasteiger partial charge in [-0.1, -0.05) is 13.8 Å². The Labute approximate surface area is 114 Å². The topological polar surface area (TPSA) is 87.7 Å². The Hall–Kier alpha value is -1.14. The fraction of sp³-hybridized carbons (Fsp3) is 0.846. The highest BCUT2D eigenvalue weighted by Crippen LogP contribution is 2.02. The van der Waals surface area contributed by atoms with Crippen LogP contribution >= 0.6 is 0 Å². The molecule has 1 unspecified atom stereocenters. The van der Waals surface area contributed by atoms with E-state index >= 15 is 0 Å². The van der Waals surface area contributed by atoms with Crippen LogP contribution in [0.3, 0.4) is 0 Å². The van der Waals surface area contributed by atoms with E-state index in [1.165, 1.54) is 0 Å². The molecule has 0 aromatic heterocycles. The van der Waals surface area contributed by atoms with Crippen LogP contribution in [0.2, 0.25) is 0 Å². The lowest BCUT2D eigenvalue weighted by molar-refractivity contribution is -0.143. The summed E-state index contributed by atoms with van der Waals surface area (Å²) in [6.45, 7) is 6.89. The lowest BCUT2D eigenvalue weighted by Gasteiger charge is -2.19. The van der Waals surface area contributed by atoms with Crippen LogP contribution < -0.4 is 10.6 Å². The molecule has 0 radical (unpaired) electrons. The summed E-state index contributed by atoms with van der Waals surface area (Å²) in [5.41, 5.74) is 0. The zero-order valence-electron chi connectivity index (χ0n) is 12.2. The fourth-order valence-corrected chi connectivity index (χ4v) is 1.66. The fourth-order valence-electron chi connectivity index (χ4n) is 1.66. The Morgan fingerprint density at radius 2 is 1.89 bits per heavy atom. The van der Waals surface area contributed by atoms with E-state index in [1.54, 1.807) is 21.0 Å². The SMILES string of the molecule is COCCCNC(C)CC(=O)N[C@H](C(=O)O)C(C)C. The second-order valence-electron chi connectivity index (χ2n) is 5.03. The molecule has 0 bridgehead atoms. The Bertz CT molecular complexity index is 282. The summed E-state index contributed by atoms with van der Waals surface area (Å²) < 4.78 is 4.93. The molecule has 1 amide bonds. The first kappa shape index (κ1) is 17.9. The molecule has 0 aliphatic carbocycles. The van der Waals surface area contributed by atoms with Crippen molar-refractivity contribution in [2.24, 2.45) is 5.92 Å². The van der Waals surface area contributed by atoms with Crippen LogP contribution in [0.4, 0.5) is 0 Å². The van der Waals surface area contributed by atoms with Crippen molar-refractivity contribution in [3.8, 4) is 0 Å².